The number of hydrogen-bond acceptors (Lipinski definition) is 1. The van der Waals surface area contributed by atoms with Crippen molar-refractivity contribution in [2.75, 3.05) is 13.1 Å². The van der Waals surface area contributed by atoms with Crippen LogP contribution in [-0.4, -0.2) is 13.1 Å². The Morgan fingerprint density at radius 1 is 1.00 bits per heavy atom. The summed E-state index contributed by atoms with van der Waals surface area (Å²) in [5.41, 5.74) is 5.41. The highest BCUT2D eigenvalue weighted by Gasteiger charge is 2.16. The molecule has 0 aliphatic rings. The van der Waals surface area contributed by atoms with Gasteiger partial charge >= 0.3 is 0 Å². The van der Waals surface area contributed by atoms with Crippen molar-refractivity contribution in [2.45, 2.75) is 33.1 Å². The summed E-state index contributed by atoms with van der Waals surface area (Å²) in [6.07, 6.45) is 1.02. The molecule has 0 aliphatic carbocycles. The lowest BCUT2D eigenvalue weighted by Gasteiger charge is -2.21. The SMILES string of the molecule is CCNCC(Cc1c(C)cccc1C)c1ccccc1Cl. The van der Waals surface area contributed by atoms with Gasteiger partial charge in [-0.2, -0.15) is 0 Å². The molecule has 0 fully saturated rings. The van der Waals surface area contributed by atoms with Crippen LogP contribution in [0.15, 0.2) is 42.5 Å². The van der Waals surface area contributed by atoms with Gasteiger partial charge in [0, 0.05) is 17.5 Å². The summed E-state index contributed by atoms with van der Waals surface area (Å²) in [7, 11) is 0. The first-order valence-electron chi connectivity index (χ1n) is 7.63. The Labute approximate surface area is 133 Å². The summed E-state index contributed by atoms with van der Waals surface area (Å²) >= 11 is 6.42. The normalized spacial score (nSPS) is 12.4. The molecule has 0 saturated heterocycles. The van der Waals surface area contributed by atoms with Crippen LogP contribution in [0.2, 0.25) is 5.02 Å². The molecule has 0 aromatic heterocycles. The third-order valence-electron chi connectivity index (χ3n) is 4.08. The van der Waals surface area contributed by atoms with Crippen molar-refractivity contribution in [2.24, 2.45) is 0 Å². The fraction of sp³-hybridized carbons (Fsp3) is 0.368. The van der Waals surface area contributed by atoms with Gasteiger partial charge < -0.3 is 5.32 Å². The van der Waals surface area contributed by atoms with Gasteiger partial charge in [0.15, 0.2) is 0 Å². The Hall–Kier alpha value is -1.31. The minimum absolute atomic E-state index is 0.401. The minimum Gasteiger partial charge on any atom is -0.316 e. The molecule has 2 rings (SSSR count). The molecule has 21 heavy (non-hydrogen) atoms. The molecule has 0 heterocycles. The standard InChI is InChI=1S/C19H24ClN/c1-4-21-13-16(17-10-5-6-11-19(17)20)12-18-14(2)8-7-9-15(18)3/h5-11,16,21H,4,12-13H2,1-3H3. The predicted octanol–water partition coefficient (Wildman–Crippen LogP) is 4.89. The van der Waals surface area contributed by atoms with E-state index in [0.29, 0.717) is 5.92 Å². The molecule has 2 aromatic rings. The van der Waals surface area contributed by atoms with E-state index in [1.54, 1.807) is 0 Å². The summed E-state index contributed by atoms with van der Waals surface area (Å²) in [5.74, 6) is 0.401. The van der Waals surface area contributed by atoms with Crippen LogP contribution in [0.25, 0.3) is 0 Å². The van der Waals surface area contributed by atoms with Crippen molar-refractivity contribution in [1.82, 2.24) is 5.32 Å². The van der Waals surface area contributed by atoms with Crippen LogP contribution < -0.4 is 5.32 Å². The Kier molecular flexibility index (Phi) is 5.84. The zero-order valence-electron chi connectivity index (χ0n) is 13.1. The maximum absolute atomic E-state index is 6.42. The zero-order valence-corrected chi connectivity index (χ0v) is 13.9. The topological polar surface area (TPSA) is 12.0 Å². The number of rotatable bonds is 6. The van der Waals surface area contributed by atoms with Crippen LogP contribution in [0.4, 0.5) is 0 Å². The summed E-state index contributed by atoms with van der Waals surface area (Å²) < 4.78 is 0. The number of benzene rings is 2. The molecule has 0 bridgehead atoms. The van der Waals surface area contributed by atoms with E-state index in [4.69, 9.17) is 11.6 Å². The minimum atomic E-state index is 0.401. The highest BCUT2D eigenvalue weighted by atomic mass is 35.5. The van der Waals surface area contributed by atoms with Crippen LogP contribution >= 0.6 is 11.6 Å². The number of nitrogens with one attached hydrogen (secondary N) is 1. The van der Waals surface area contributed by atoms with E-state index in [0.717, 1.165) is 24.5 Å². The molecule has 0 amide bonds. The Morgan fingerprint density at radius 3 is 2.29 bits per heavy atom. The second-order valence-electron chi connectivity index (χ2n) is 5.60. The van der Waals surface area contributed by atoms with Crippen LogP contribution in [0.1, 0.15) is 35.1 Å². The van der Waals surface area contributed by atoms with Gasteiger partial charge in [-0.1, -0.05) is 54.9 Å². The fourth-order valence-corrected chi connectivity index (χ4v) is 3.12. The summed E-state index contributed by atoms with van der Waals surface area (Å²) in [6.45, 7) is 8.46. The number of aryl methyl sites for hydroxylation is 2. The van der Waals surface area contributed by atoms with Crippen LogP contribution in [0.3, 0.4) is 0 Å². The average Bonchev–Trinajstić information content (AvgIpc) is 2.47. The smallest absolute Gasteiger partial charge is 0.0441 e. The van der Waals surface area contributed by atoms with Gasteiger partial charge in [0.05, 0.1) is 0 Å². The molecule has 112 valence electrons. The summed E-state index contributed by atoms with van der Waals surface area (Å²) in [4.78, 5) is 0. The Balaban J connectivity index is 2.31. The molecule has 1 N–H and O–H groups in total. The average molecular weight is 302 g/mol. The zero-order chi connectivity index (χ0) is 15.2. The highest BCUT2D eigenvalue weighted by molar-refractivity contribution is 6.31. The third-order valence-corrected chi connectivity index (χ3v) is 4.42. The molecule has 0 aliphatic heterocycles. The molecule has 0 saturated carbocycles. The summed E-state index contributed by atoms with van der Waals surface area (Å²) in [6, 6.07) is 14.7. The van der Waals surface area contributed by atoms with E-state index in [1.807, 2.05) is 12.1 Å². The molecular formula is C19H24ClN. The van der Waals surface area contributed by atoms with E-state index in [1.165, 1.54) is 22.3 Å². The Bertz CT molecular complexity index is 572. The third kappa shape index (κ3) is 4.09. The molecule has 0 radical (unpaired) electrons. The number of likely N-dealkylation sites (N-methyl/N-ethyl adjacent to an activating group) is 1. The monoisotopic (exact) mass is 301 g/mol. The van der Waals surface area contributed by atoms with Gasteiger partial charge in [0.2, 0.25) is 0 Å². The van der Waals surface area contributed by atoms with Crippen molar-refractivity contribution < 1.29 is 0 Å². The van der Waals surface area contributed by atoms with Gasteiger partial charge in [-0.3, -0.25) is 0 Å². The van der Waals surface area contributed by atoms with E-state index in [-0.39, 0.29) is 0 Å². The maximum Gasteiger partial charge on any atom is 0.0441 e. The lowest BCUT2D eigenvalue weighted by molar-refractivity contribution is 0.593. The fourth-order valence-electron chi connectivity index (χ4n) is 2.83. The van der Waals surface area contributed by atoms with Crippen molar-refractivity contribution in [3.63, 3.8) is 0 Å². The second kappa shape index (κ2) is 7.63. The van der Waals surface area contributed by atoms with Gasteiger partial charge in [-0.15, -0.1) is 0 Å². The van der Waals surface area contributed by atoms with Crippen molar-refractivity contribution in [1.29, 1.82) is 0 Å². The lowest BCUT2D eigenvalue weighted by Crippen LogP contribution is -2.23. The molecule has 2 heteroatoms. The quantitative estimate of drug-likeness (QED) is 0.801. The van der Waals surface area contributed by atoms with Gasteiger partial charge in [0.1, 0.15) is 0 Å². The lowest BCUT2D eigenvalue weighted by atomic mass is 9.88. The van der Waals surface area contributed by atoms with Gasteiger partial charge in [0.25, 0.3) is 0 Å². The molecule has 2 aromatic carbocycles. The van der Waals surface area contributed by atoms with E-state index in [9.17, 15) is 0 Å². The van der Waals surface area contributed by atoms with Crippen LogP contribution in [-0.2, 0) is 6.42 Å². The van der Waals surface area contributed by atoms with E-state index >= 15 is 0 Å². The largest absolute Gasteiger partial charge is 0.316 e. The second-order valence-corrected chi connectivity index (χ2v) is 6.01. The Morgan fingerprint density at radius 2 is 1.67 bits per heavy atom. The highest BCUT2D eigenvalue weighted by Crippen LogP contribution is 2.29. The predicted molar refractivity (Wildman–Crippen MR) is 92.4 cm³/mol. The number of hydrogen-bond donors (Lipinski definition) is 1. The molecule has 0 spiro atoms. The van der Waals surface area contributed by atoms with Gasteiger partial charge in [-0.25, -0.2) is 0 Å². The van der Waals surface area contributed by atoms with E-state index in [2.05, 4.69) is 56.4 Å². The number of halogens is 1. The molecule has 1 unspecified atom stereocenters. The molecular weight excluding hydrogens is 278 g/mol. The van der Waals surface area contributed by atoms with E-state index < -0.39 is 0 Å². The van der Waals surface area contributed by atoms with Crippen molar-refractivity contribution >= 4 is 11.6 Å². The first-order valence-corrected chi connectivity index (χ1v) is 8.01. The summed E-state index contributed by atoms with van der Waals surface area (Å²) in [5, 5.41) is 4.34. The van der Waals surface area contributed by atoms with Crippen LogP contribution in [0.5, 0.6) is 0 Å². The van der Waals surface area contributed by atoms with Crippen LogP contribution in [0, 0.1) is 13.8 Å². The maximum atomic E-state index is 6.42. The van der Waals surface area contributed by atoms with Gasteiger partial charge in [-0.05, 0) is 55.1 Å². The van der Waals surface area contributed by atoms with Crippen molar-refractivity contribution in [3.8, 4) is 0 Å². The first-order chi connectivity index (χ1) is 10.1. The molecule has 1 atom stereocenters. The van der Waals surface area contributed by atoms with Crippen molar-refractivity contribution in [3.05, 3.63) is 69.7 Å². The molecule has 1 nitrogen and oxygen atoms in total. The first kappa shape index (κ1) is 16.1.